The van der Waals surface area contributed by atoms with Gasteiger partial charge in [0.25, 0.3) is 5.91 Å². The highest BCUT2D eigenvalue weighted by atomic mass is 32.2. The minimum absolute atomic E-state index is 0.124. The number of anilines is 1. The third-order valence-corrected chi connectivity index (χ3v) is 5.12. The van der Waals surface area contributed by atoms with Gasteiger partial charge >= 0.3 is 0 Å². The van der Waals surface area contributed by atoms with Crippen molar-refractivity contribution in [2.24, 2.45) is 5.10 Å². The summed E-state index contributed by atoms with van der Waals surface area (Å²) in [4.78, 5) is 21.7. The number of amides is 1. The second kappa shape index (κ2) is 9.27. The van der Waals surface area contributed by atoms with Gasteiger partial charge in [0, 0.05) is 30.4 Å². The van der Waals surface area contributed by atoms with E-state index in [2.05, 4.69) is 39.2 Å². The Morgan fingerprint density at radius 1 is 1.29 bits per heavy atom. The maximum absolute atomic E-state index is 12.0. The molecule has 3 aromatic rings. The average Bonchev–Trinajstić information content (AvgIpc) is 3.12. The summed E-state index contributed by atoms with van der Waals surface area (Å²) >= 11 is 1.31. The fourth-order valence-electron chi connectivity index (χ4n) is 2.76. The van der Waals surface area contributed by atoms with E-state index in [1.807, 2.05) is 30.3 Å². The minimum atomic E-state index is -0.249. The van der Waals surface area contributed by atoms with Gasteiger partial charge < -0.3 is 15.0 Å². The number of nitrogens with zero attached hydrogens (tertiary/aromatic N) is 3. The molecule has 1 aromatic heterocycles. The summed E-state index contributed by atoms with van der Waals surface area (Å²) < 4.78 is 0. The molecule has 0 atom stereocenters. The second-order valence-electron chi connectivity index (χ2n) is 6.06. The number of hydrogen-bond donors (Lipinski definition) is 3. The highest BCUT2D eigenvalue weighted by molar-refractivity contribution is 7.99. The topological polar surface area (TPSA) is 93.6 Å². The highest BCUT2D eigenvalue weighted by Crippen LogP contribution is 2.23. The number of aromatic amines is 1. The lowest BCUT2D eigenvalue weighted by Crippen LogP contribution is -2.21. The van der Waals surface area contributed by atoms with Crippen LogP contribution in [0.15, 0.2) is 52.7 Å². The van der Waals surface area contributed by atoms with Gasteiger partial charge in [-0.1, -0.05) is 23.9 Å². The van der Waals surface area contributed by atoms with E-state index in [9.17, 15) is 9.90 Å². The number of aromatic hydroxyl groups is 1. The first-order valence-corrected chi connectivity index (χ1v) is 10.1. The molecule has 0 saturated carbocycles. The van der Waals surface area contributed by atoms with Crippen LogP contribution in [0, 0.1) is 0 Å². The van der Waals surface area contributed by atoms with Crippen LogP contribution in [0.25, 0.3) is 11.0 Å². The van der Waals surface area contributed by atoms with Gasteiger partial charge in [-0.3, -0.25) is 4.79 Å². The van der Waals surface area contributed by atoms with Crippen molar-refractivity contribution in [3.8, 4) is 5.75 Å². The summed E-state index contributed by atoms with van der Waals surface area (Å²) in [5.74, 6) is 0.0596. The number of hydrogen-bond acceptors (Lipinski definition) is 6. The largest absolute Gasteiger partial charge is 0.507 e. The summed E-state index contributed by atoms with van der Waals surface area (Å²) in [5.41, 5.74) is 5.77. The van der Waals surface area contributed by atoms with Gasteiger partial charge in [-0.15, -0.1) is 0 Å². The molecule has 8 heteroatoms. The molecule has 1 heterocycles. The lowest BCUT2D eigenvalue weighted by atomic mass is 10.2. The van der Waals surface area contributed by atoms with Crippen LogP contribution in [0.4, 0.5) is 5.69 Å². The monoisotopic (exact) mass is 397 g/mol. The van der Waals surface area contributed by atoms with Crippen LogP contribution in [0.2, 0.25) is 0 Å². The Bertz CT molecular complexity index is 949. The van der Waals surface area contributed by atoms with Crippen LogP contribution >= 0.6 is 11.8 Å². The van der Waals surface area contributed by atoms with Crippen molar-refractivity contribution >= 4 is 40.6 Å². The first-order valence-electron chi connectivity index (χ1n) is 9.08. The number of hydrazone groups is 1. The Morgan fingerprint density at radius 2 is 2.07 bits per heavy atom. The summed E-state index contributed by atoms with van der Waals surface area (Å²) in [6.07, 6.45) is 1.44. The molecule has 0 unspecified atom stereocenters. The summed E-state index contributed by atoms with van der Waals surface area (Å²) in [6, 6.07) is 13.1. The Morgan fingerprint density at radius 3 is 2.79 bits per heavy atom. The molecule has 0 fully saturated rings. The average molecular weight is 398 g/mol. The number of H-pyrrole nitrogens is 1. The molecule has 0 aliphatic rings. The smallest absolute Gasteiger partial charge is 0.250 e. The zero-order valence-electron chi connectivity index (χ0n) is 15.8. The molecule has 0 saturated heterocycles. The molecule has 0 bridgehead atoms. The quantitative estimate of drug-likeness (QED) is 0.308. The number of carbonyl (C=O) groups excluding carboxylic acids is 1. The Kier molecular flexibility index (Phi) is 6.54. The van der Waals surface area contributed by atoms with Crippen molar-refractivity contribution < 1.29 is 9.90 Å². The number of nitrogens with one attached hydrogen (secondary N) is 2. The zero-order valence-corrected chi connectivity index (χ0v) is 16.7. The molecule has 2 aromatic carbocycles. The molecule has 3 rings (SSSR count). The van der Waals surface area contributed by atoms with E-state index in [1.165, 1.54) is 18.0 Å². The number of phenolic OH excluding ortho intramolecular Hbond substituents is 1. The van der Waals surface area contributed by atoms with E-state index < -0.39 is 0 Å². The second-order valence-corrected chi connectivity index (χ2v) is 7.02. The van der Waals surface area contributed by atoms with Crippen molar-refractivity contribution in [3.63, 3.8) is 0 Å². The molecule has 1 amide bonds. The third-order valence-electron chi connectivity index (χ3n) is 4.24. The Balaban J connectivity index is 1.53. The van der Waals surface area contributed by atoms with Crippen LogP contribution in [0.5, 0.6) is 5.75 Å². The maximum Gasteiger partial charge on any atom is 0.250 e. The molecule has 146 valence electrons. The molecular formula is C20H23N5O2S. The number of phenols is 1. The standard InChI is InChI=1S/C20H23N5O2S/c1-3-25(4-2)15-10-9-14(18(26)11-15)12-21-24-19(27)13-28-20-22-16-7-5-6-8-17(16)23-20/h5-12,26H,3-4,13H2,1-2H3,(H,22,23)(H,24,27). The molecule has 3 N–H and O–H groups in total. The van der Waals surface area contributed by atoms with Gasteiger partial charge in [-0.05, 0) is 38.1 Å². The van der Waals surface area contributed by atoms with Crippen molar-refractivity contribution in [1.82, 2.24) is 15.4 Å². The van der Waals surface area contributed by atoms with Crippen molar-refractivity contribution in [2.75, 3.05) is 23.7 Å². The fourth-order valence-corrected chi connectivity index (χ4v) is 3.44. The lowest BCUT2D eigenvalue weighted by Gasteiger charge is -2.21. The summed E-state index contributed by atoms with van der Waals surface area (Å²) in [6.45, 7) is 5.86. The first kappa shape index (κ1) is 19.8. The molecule has 0 radical (unpaired) electrons. The molecule has 28 heavy (non-hydrogen) atoms. The normalized spacial score (nSPS) is 11.2. The van der Waals surface area contributed by atoms with Crippen molar-refractivity contribution in [3.05, 3.63) is 48.0 Å². The fraction of sp³-hybridized carbons (Fsp3) is 0.250. The van der Waals surface area contributed by atoms with E-state index in [1.54, 1.807) is 12.1 Å². The number of para-hydroxylation sites is 2. The van der Waals surface area contributed by atoms with Crippen molar-refractivity contribution in [1.29, 1.82) is 0 Å². The van der Waals surface area contributed by atoms with Crippen LogP contribution in [-0.2, 0) is 4.79 Å². The number of rotatable bonds is 8. The van der Waals surface area contributed by atoms with Crippen LogP contribution in [0.3, 0.4) is 0 Å². The van der Waals surface area contributed by atoms with Crippen LogP contribution in [0.1, 0.15) is 19.4 Å². The van der Waals surface area contributed by atoms with E-state index in [4.69, 9.17) is 0 Å². The van der Waals surface area contributed by atoms with Gasteiger partial charge in [0.05, 0.1) is 23.0 Å². The van der Waals surface area contributed by atoms with Crippen molar-refractivity contribution in [2.45, 2.75) is 19.0 Å². The number of imidazole rings is 1. The lowest BCUT2D eigenvalue weighted by molar-refractivity contribution is -0.118. The molecule has 0 spiro atoms. The predicted molar refractivity (Wildman–Crippen MR) is 114 cm³/mol. The third kappa shape index (κ3) is 4.83. The summed E-state index contributed by atoms with van der Waals surface area (Å²) in [7, 11) is 0. The van der Waals surface area contributed by atoms with E-state index in [-0.39, 0.29) is 17.4 Å². The molecular weight excluding hydrogens is 374 g/mol. The minimum Gasteiger partial charge on any atom is -0.507 e. The van der Waals surface area contributed by atoms with Gasteiger partial charge in [0.1, 0.15) is 5.75 Å². The van der Waals surface area contributed by atoms with E-state index in [0.29, 0.717) is 10.7 Å². The van der Waals surface area contributed by atoms with E-state index >= 15 is 0 Å². The molecule has 0 aliphatic heterocycles. The zero-order chi connectivity index (χ0) is 19.9. The Labute approximate surface area is 167 Å². The number of fused-ring (bicyclic) bond motifs is 1. The van der Waals surface area contributed by atoms with Gasteiger partial charge in [0.15, 0.2) is 5.16 Å². The number of aromatic nitrogens is 2. The number of carbonyl (C=O) groups is 1. The highest BCUT2D eigenvalue weighted by Gasteiger charge is 2.07. The number of benzene rings is 2. The van der Waals surface area contributed by atoms with Crippen LogP contribution < -0.4 is 10.3 Å². The predicted octanol–water partition coefficient (Wildman–Crippen LogP) is 3.36. The molecule has 7 nitrogen and oxygen atoms in total. The number of thioether (sulfide) groups is 1. The molecule has 0 aliphatic carbocycles. The van der Waals surface area contributed by atoms with E-state index in [0.717, 1.165) is 29.8 Å². The van der Waals surface area contributed by atoms with Gasteiger partial charge in [-0.2, -0.15) is 5.10 Å². The maximum atomic E-state index is 12.0. The Hall–Kier alpha value is -3.00. The van der Waals surface area contributed by atoms with Gasteiger partial charge in [0.2, 0.25) is 0 Å². The SMILES string of the molecule is CCN(CC)c1ccc(C=NNC(=O)CSc2nc3ccccc3[nH]2)c(O)c1. The first-order chi connectivity index (χ1) is 13.6. The van der Waals surface area contributed by atoms with Gasteiger partial charge in [-0.25, -0.2) is 10.4 Å². The summed E-state index contributed by atoms with van der Waals surface area (Å²) in [5, 5.41) is 14.8. The van der Waals surface area contributed by atoms with Crippen LogP contribution in [-0.4, -0.2) is 46.0 Å².